The average molecular weight is 353 g/mol. The van der Waals surface area contributed by atoms with E-state index in [1.165, 1.54) is 6.07 Å². The maximum Gasteiger partial charge on any atom is 0.149 e. The standard InChI is InChI=1S/C20H24FN5/c1-13(2)26-12-22-24-20(26)15-6-5-9-25(11-15)18-10-14(3)23-19-16(18)7-4-8-17(19)21/h4,7-8,10,12-13,15H,5-6,9,11H2,1-3H3. The molecule has 5 nitrogen and oxygen atoms in total. The highest BCUT2D eigenvalue weighted by Gasteiger charge is 2.27. The highest BCUT2D eigenvalue weighted by atomic mass is 19.1. The Kier molecular flexibility index (Phi) is 4.34. The van der Waals surface area contributed by atoms with Crippen LogP contribution in [-0.4, -0.2) is 32.8 Å². The van der Waals surface area contributed by atoms with Gasteiger partial charge < -0.3 is 9.47 Å². The largest absolute Gasteiger partial charge is 0.370 e. The fourth-order valence-electron chi connectivity index (χ4n) is 3.93. The van der Waals surface area contributed by atoms with Crippen molar-refractivity contribution in [1.29, 1.82) is 0 Å². The molecule has 0 aliphatic carbocycles. The first-order chi connectivity index (χ1) is 12.5. The fourth-order valence-corrected chi connectivity index (χ4v) is 3.93. The van der Waals surface area contributed by atoms with E-state index in [1.807, 2.05) is 19.3 Å². The minimum Gasteiger partial charge on any atom is -0.370 e. The van der Waals surface area contributed by atoms with Crippen molar-refractivity contribution in [2.24, 2.45) is 0 Å². The summed E-state index contributed by atoms with van der Waals surface area (Å²) in [5.74, 6) is 1.11. The smallest absolute Gasteiger partial charge is 0.149 e. The molecule has 2 aromatic heterocycles. The van der Waals surface area contributed by atoms with Crippen molar-refractivity contribution < 1.29 is 4.39 Å². The molecule has 1 unspecified atom stereocenters. The average Bonchev–Trinajstić information content (AvgIpc) is 3.12. The summed E-state index contributed by atoms with van der Waals surface area (Å²) in [6.07, 6.45) is 3.99. The van der Waals surface area contributed by atoms with Crippen LogP contribution in [0.2, 0.25) is 0 Å². The predicted molar refractivity (Wildman–Crippen MR) is 101 cm³/mol. The number of anilines is 1. The number of nitrogens with zero attached hydrogens (tertiary/aromatic N) is 5. The molecule has 0 saturated carbocycles. The van der Waals surface area contributed by atoms with Crippen molar-refractivity contribution in [3.8, 4) is 0 Å². The Morgan fingerprint density at radius 3 is 2.92 bits per heavy atom. The molecular formula is C20H24FN5. The molecule has 0 N–H and O–H groups in total. The zero-order chi connectivity index (χ0) is 18.3. The van der Waals surface area contributed by atoms with Crippen LogP contribution < -0.4 is 4.90 Å². The van der Waals surface area contributed by atoms with E-state index in [1.54, 1.807) is 6.07 Å². The van der Waals surface area contributed by atoms with E-state index in [-0.39, 0.29) is 5.82 Å². The monoisotopic (exact) mass is 353 g/mol. The summed E-state index contributed by atoms with van der Waals surface area (Å²) in [6, 6.07) is 7.60. The lowest BCUT2D eigenvalue weighted by Gasteiger charge is -2.35. The first-order valence-electron chi connectivity index (χ1n) is 9.25. The normalized spacial score (nSPS) is 18.0. The Hall–Kier alpha value is -2.50. The highest BCUT2D eigenvalue weighted by Crippen LogP contribution is 2.34. The molecule has 1 atom stereocenters. The SMILES string of the molecule is Cc1cc(N2CCCC(c3nncn3C(C)C)C2)c2cccc(F)c2n1. The molecule has 136 valence electrons. The summed E-state index contributed by atoms with van der Waals surface area (Å²) >= 11 is 0. The number of rotatable bonds is 3. The van der Waals surface area contributed by atoms with Gasteiger partial charge in [0, 0.05) is 41.8 Å². The van der Waals surface area contributed by atoms with Crippen LogP contribution in [0.5, 0.6) is 0 Å². The molecule has 1 aliphatic heterocycles. The van der Waals surface area contributed by atoms with Gasteiger partial charge in [0.05, 0.1) is 0 Å². The van der Waals surface area contributed by atoms with Crippen molar-refractivity contribution >= 4 is 16.6 Å². The molecule has 1 fully saturated rings. The van der Waals surface area contributed by atoms with Crippen molar-refractivity contribution in [2.75, 3.05) is 18.0 Å². The number of benzene rings is 1. The topological polar surface area (TPSA) is 46.8 Å². The molecule has 6 heteroatoms. The minimum atomic E-state index is -0.263. The van der Waals surface area contributed by atoms with Gasteiger partial charge in [0.1, 0.15) is 23.5 Å². The van der Waals surface area contributed by atoms with Crippen LogP contribution >= 0.6 is 0 Å². The summed E-state index contributed by atoms with van der Waals surface area (Å²) in [5.41, 5.74) is 2.35. The van der Waals surface area contributed by atoms with Gasteiger partial charge in [-0.15, -0.1) is 10.2 Å². The second-order valence-electron chi connectivity index (χ2n) is 7.39. The Morgan fingerprint density at radius 2 is 2.12 bits per heavy atom. The third-order valence-electron chi connectivity index (χ3n) is 5.18. The van der Waals surface area contributed by atoms with E-state index in [4.69, 9.17) is 0 Å². The van der Waals surface area contributed by atoms with Crippen LogP contribution in [-0.2, 0) is 0 Å². The molecule has 0 amide bonds. The van der Waals surface area contributed by atoms with Gasteiger partial charge in [-0.3, -0.25) is 0 Å². The summed E-state index contributed by atoms with van der Waals surface area (Å²) in [4.78, 5) is 6.76. The third-order valence-corrected chi connectivity index (χ3v) is 5.18. The van der Waals surface area contributed by atoms with Gasteiger partial charge in [-0.1, -0.05) is 12.1 Å². The van der Waals surface area contributed by atoms with Crippen molar-refractivity contribution in [2.45, 2.75) is 45.6 Å². The van der Waals surface area contributed by atoms with E-state index in [0.29, 0.717) is 17.5 Å². The summed E-state index contributed by atoms with van der Waals surface area (Å²) in [6.45, 7) is 8.04. The molecule has 1 aliphatic rings. The molecule has 0 bridgehead atoms. The fraction of sp³-hybridized carbons (Fsp3) is 0.450. The van der Waals surface area contributed by atoms with Gasteiger partial charge in [-0.25, -0.2) is 9.37 Å². The Labute approximate surface area is 152 Å². The van der Waals surface area contributed by atoms with Gasteiger partial charge in [0.2, 0.25) is 0 Å². The highest BCUT2D eigenvalue weighted by molar-refractivity contribution is 5.92. The number of aryl methyl sites for hydroxylation is 1. The van der Waals surface area contributed by atoms with Crippen molar-refractivity contribution in [1.82, 2.24) is 19.7 Å². The maximum atomic E-state index is 14.3. The second kappa shape index (κ2) is 6.67. The van der Waals surface area contributed by atoms with E-state index in [9.17, 15) is 4.39 Å². The zero-order valence-corrected chi connectivity index (χ0v) is 15.5. The first kappa shape index (κ1) is 16.9. The van der Waals surface area contributed by atoms with Crippen molar-refractivity contribution in [3.05, 3.63) is 47.9 Å². The molecule has 0 spiro atoms. The molecule has 3 aromatic rings. The van der Waals surface area contributed by atoms with Crippen LogP contribution in [0.3, 0.4) is 0 Å². The van der Waals surface area contributed by atoms with E-state index in [0.717, 1.165) is 48.5 Å². The number of para-hydroxylation sites is 1. The van der Waals surface area contributed by atoms with Gasteiger partial charge >= 0.3 is 0 Å². The van der Waals surface area contributed by atoms with Crippen molar-refractivity contribution in [3.63, 3.8) is 0 Å². The number of halogens is 1. The number of aromatic nitrogens is 4. The van der Waals surface area contributed by atoms with Crippen LogP contribution in [0.1, 0.15) is 50.2 Å². The van der Waals surface area contributed by atoms with Crippen LogP contribution in [0.15, 0.2) is 30.6 Å². The lowest BCUT2D eigenvalue weighted by Crippen LogP contribution is -2.35. The summed E-state index contributed by atoms with van der Waals surface area (Å²) in [7, 11) is 0. The second-order valence-corrected chi connectivity index (χ2v) is 7.39. The van der Waals surface area contributed by atoms with Gasteiger partial charge in [-0.2, -0.15) is 0 Å². The van der Waals surface area contributed by atoms with Crippen LogP contribution in [0.4, 0.5) is 10.1 Å². The number of piperidine rings is 1. The van der Waals surface area contributed by atoms with Crippen LogP contribution in [0.25, 0.3) is 10.9 Å². The summed E-state index contributed by atoms with van der Waals surface area (Å²) in [5, 5.41) is 9.40. The molecule has 4 rings (SSSR count). The first-order valence-corrected chi connectivity index (χ1v) is 9.25. The van der Waals surface area contributed by atoms with Crippen LogP contribution in [0, 0.1) is 12.7 Å². The Morgan fingerprint density at radius 1 is 1.27 bits per heavy atom. The van der Waals surface area contributed by atoms with E-state index in [2.05, 4.69) is 44.6 Å². The maximum absolute atomic E-state index is 14.3. The van der Waals surface area contributed by atoms with Gasteiger partial charge in [-0.05, 0) is 45.7 Å². The number of pyridine rings is 1. The van der Waals surface area contributed by atoms with E-state index >= 15 is 0 Å². The lowest BCUT2D eigenvalue weighted by molar-refractivity contribution is 0.455. The third kappa shape index (κ3) is 2.93. The number of hydrogen-bond acceptors (Lipinski definition) is 4. The molecule has 1 aromatic carbocycles. The Balaban J connectivity index is 1.72. The molecule has 3 heterocycles. The Bertz CT molecular complexity index is 933. The molecule has 0 radical (unpaired) electrons. The number of hydrogen-bond donors (Lipinski definition) is 0. The lowest BCUT2D eigenvalue weighted by atomic mass is 9.95. The molecule has 26 heavy (non-hydrogen) atoms. The van der Waals surface area contributed by atoms with E-state index < -0.39 is 0 Å². The quantitative estimate of drug-likeness (QED) is 0.707. The van der Waals surface area contributed by atoms with Gasteiger partial charge in [0.25, 0.3) is 0 Å². The summed E-state index contributed by atoms with van der Waals surface area (Å²) < 4.78 is 16.4. The number of fused-ring (bicyclic) bond motifs is 1. The van der Waals surface area contributed by atoms with Gasteiger partial charge in [0.15, 0.2) is 0 Å². The molecule has 1 saturated heterocycles. The molecular weight excluding hydrogens is 329 g/mol. The predicted octanol–water partition coefficient (Wildman–Crippen LogP) is 4.24. The minimum absolute atomic E-state index is 0.263. The zero-order valence-electron chi connectivity index (χ0n) is 15.5.